The fraction of sp³-hybridized carbons (Fsp3) is 0.200. The molecule has 0 heterocycles. The number of hydrogen-bond acceptors (Lipinski definition) is 1. The second kappa shape index (κ2) is 11.5. The molecule has 0 aliphatic rings. The van der Waals surface area contributed by atoms with E-state index in [4.69, 9.17) is 5.11 Å². The van der Waals surface area contributed by atoms with Crippen LogP contribution < -0.4 is 0 Å². The fourth-order valence-corrected chi connectivity index (χ4v) is 0.301. The van der Waals surface area contributed by atoms with Crippen molar-refractivity contribution in [2.45, 2.75) is 13.8 Å². The minimum atomic E-state index is 0.160. The Hall–Kier alpha value is -1.24. The van der Waals surface area contributed by atoms with E-state index in [1.807, 2.05) is 13.8 Å². The highest BCUT2D eigenvalue weighted by Gasteiger charge is 1.73. The molecule has 0 radical (unpaired) electrons. The lowest BCUT2D eigenvalue weighted by Gasteiger charge is -1.81. The number of allylic oxidation sites excluding steroid dienone is 5. The third kappa shape index (κ3) is 12.1. The highest BCUT2D eigenvalue weighted by atomic mass is 16.3. The van der Waals surface area contributed by atoms with E-state index in [0.717, 1.165) is 0 Å². The monoisotopic (exact) mass is 152 g/mol. The molecule has 0 aromatic carbocycles. The van der Waals surface area contributed by atoms with Crippen LogP contribution in [0.5, 0.6) is 0 Å². The molecule has 0 bridgehead atoms. The van der Waals surface area contributed by atoms with Crippen molar-refractivity contribution in [3.8, 4) is 0 Å². The first-order valence-electron chi connectivity index (χ1n) is 3.62. The predicted molar refractivity (Wildman–Crippen MR) is 51.6 cm³/mol. The fourth-order valence-electron chi connectivity index (χ4n) is 0.301. The van der Waals surface area contributed by atoms with Gasteiger partial charge in [0.15, 0.2) is 0 Å². The number of aliphatic hydroxyl groups excluding tert-OH is 1. The molecule has 0 aliphatic heterocycles. The highest BCUT2D eigenvalue weighted by molar-refractivity contribution is 5.17. The number of rotatable bonds is 3. The summed E-state index contributed by atoms with van der Waals surface area (Å²) in [5.74, 6) is 0.160. The molecule has 11 heavy (non-hydrogen) atoms. The normalized spacial score (nSPS) is 10.2. The SMILES string of the molecule is C=C/C=C\C=C(\O)C=C.CC. The maximum absolute atomic E-state index is 8.74. The van der Waals surface area contributed by atoms with Crippen LogP contribution in [0.3, 0.4) is 0 Å². The zero-order valence-corrected chi connectivity index (χ0v) is 7.25. The van der Waals surface area contributed by atoms with E-state index >= 15 is 0 Å². The Labute approximate surface area is 69.1 Å². The van der Waals surface area contributed by atoms with Gasteiger partial charge in [-0.2, -0.15) is 0 Å². The lowest BCUT2D eigenvalue weighted by atomic mass is 10.4. The Bertz CT molecular complexity index is 152. The van der Waals surface area contributed by atoms with Crippen LogP contribution in [-0.2, 0) is 0 Å². The lowest BCUT2D eigenvalue weighted by Crippen LogP contribution is -1.67. The van der Waals surface area contributed by atoms with Crippen LogP contribution in [0.25, 0.3) is 0 Å². The minimum absolute atomic E-state index is 0.160. The summed E-state index contributed by atoms with van der Waals surface area (Å²) in [6.07, 6.45) is 7.94. The summed E-state index contributed by atoms with van der Waals surface area (Å²) in [7, 11) is 0. The van der Waals surface area contributed by atoms with Gasteiger partial charge in [-0.3, -0.25) is 0 Å². The maximum Gasteiger partial charge on any atom is 0.114 e. The van der Waals surface area contributed by atoms with Crippen LogP contribution in [0.15, 0.2) is 49.3 Å². The van der Waals surface area contributed by atoms with Crippen LogP contribution in [0.2, 0.25) is 0 Å². The van der Waals surface area contributed by atoms with E-state index < -0.39 is 0 Å². The van der Waals surface area contributed by atoms with Crippen molar-refractivity contribution in [3.05, 3.63) is 49.3 Å². The smallest absolute Gasteiger partial charge is 0.114 e. The van der Waals surface area contributed by atoms with E-state index in [1.54, 1.807) is 18.2 Å². The summed E-state index contributed by atoms with van der Waals surface area (Å²) in [4.78, 5) is 0. The molecule has 1 heteroatoms. The molecule has 0 aromatic heterocycles. The Morgan fingerprint density at radius 1 is 1.18 bits per heavy atom. The molecule has 0 saturated heterocycles. The molecule has 62 valence electrons. The molecule has 0 rings (SSSR count). The average Bonchev–Trinajstić information content (AvgIpc) is 2.08. The van der Waals surface area contributed by atoms with E-state index in [0.29, 0.717) is 0 Å². The molecular formula is C10H16O. The Kier molecular flexibility index (Phi) is 13.1. The average molecular weight is 152 g/mol. The van der Waals surface area contributed by atoms with Gasteiger partial charge in [0.05, 0.1) is 0 Å². The summed E-state index contributed by atoms with van der Waals surface area (Å²) in [6.45, 7) is 10.8. The number of hydrogen-bond donors (Lipinski definition) is 1. The van der Waals surface area contributed by atoms with Gasteiger partial charge in [-0.25, -0.2) is 0 Å². The Balaban J connectivity index is 0. The van der Waals surface area contributed by atoms with Gasteiger partial charge in [-0.1, -0.05) is 45.2 Å². The number of aliphatic hydroxyl groups is 1. The van der Waals surface area contributed by atoms with Gasteiger partial charge in [0.1, 0.15) is 5.76 Å². The summed E-state index contributed by atoms with van der Waals surface area (Å²) >= 11 is 0. The second-order valence-corrected chi connectivity index (χ2v) is 1.42. The van der Waals surface area contributed by atoms with Crippen molar-refractivity contribution in [1.82, 2.24) is 0 Å². The molecule has 0 fully saturated rings. The van der Waals surface area contributed by atoms with Crippen molar-refractivity contribution in [1.29, 1.82) is 0 Å². The topological polar surface area (TPSA) is 20.2 Å². The molecule has 0 saturated carbocycles. The summed E-state index contributed by atoms with van der Waals surface area (Å²) < 4.78 is 0. The van der Waals surface area contributed by atoms with E-state index in [1.165, 1.54) is 12.2 Å². The zero-order chi connectivity index (χ0) is 9.11. The second-order valence-electron chi connectivity index (χ2n) is 1.42. The third-order valence-corrected chi connectivity index (χ3v) is 0.723. The van der Waals surface area contributed by atoms with Crippen LogP contribution in [0, 0.1) is 0 Å². The van der Waals surface area contributed by atoms with E-state index in [-0.39, 0.29) is 5.76 Å². The molecule has 1 N–H and O–H groups in total. The Morgan fingerprint density at radius 3 is 2.09 bits per heavy atom. The largest absolute Gasteiger partial charge is 0.508 e. The van der Waals surface area contributed by atoms with Crippen molar-refractivity contribution in [2.75, 3.05) is 0 Å². The molecular weight excluding hydrogens is 136 g/mol. The standard InChI is InChI=1S/C8H10O.C2H6/c1-3-5-6-7-8(9)4-2;1-2/h3-7,9H,1-2H2;1-2H3/b6-5-,8-7+;. The van der Waals surface area contributed by atoms with E-state index in [2.05, 4.69) is 13.2 Å². The minimum Gasteiger partial charge on any atom is -0.508 e. The molecule has 1 nitrogen and oxygen atoms in total. The van der Waals surface area contributed by atoms with Crippen molar-refractivity contribution < 1.29 is 5.11 Å². The van der Waals surface area contributed by atoms with Crippen LogP contribution in [-0.4, -0.2) is 5.11 Å². The molecule has 0 aromatic rings. The zero-order valence-electron chi connectivity index (χ0n) is 7.25. The van der Waals surface area contributed by atoms with Gasteiger partial charge in [0, 0.05) is 0 Å². The van der Waals surface area contributed by atoms with Gasteiger partial charge in [0.2, 0.25) is 0 Å². The molecule has 0 unspecified atom stereocenters. The van der Waals surface area contributed by atoms with E-state index in [9.17, 15) is 0 Å². The van der Waals surface area contributed by atoms with Crippen molar-refractivity contribution in [2.24, 2.45) is 0 Å². The summed E-state index contributed by atoms with van der Waals surface area (Å²) in [5, 5.41) is 8.74. The van der Waals surface area contributed by atoms with Gasteiger partial charge < -0.3 is 5.11 Å². The first-order valence-corrected chi connectivity index (χ1v) is 3.62. The van der Waals surface area contributed by atoms with Crippen molar-refractivity contribution in [3.63, 3.8) is 0 Å². The maximum atomic E-state index is 8.74. The first kappa shape index (κ1) is 12.4. The Morgan fingerprint density at radius 2 is 1.73 bits per heavy atom. The third-order valence-electron chi connectivity index (χ3n) is 0.723. The highest BCUT2D eigenvalue weighted by Crippen LogP contribution is 1.88. The molecule has 0 amide bonds. The van der Waals surface area contributed by atoms with Crippen LogP contribution >= 0.6 is 0 Å². The summed E-state index contributed by atoms with van der Waals surface area (Å²) in [6, 6.07) is 0. The molecule has 0 atom stereocenters. The van der Waals surface area contributed by atoms with Crippen LogP contribution in [0.4, 0.5) is 0 Å². The van der Waals surface area contributed by atoms with Crippen LogP contribution in [0.1, 0.15) is 13.8 Å². The van der Waals surface area contributed by atoms with Gasteiger partial charge in [-0.05, 0) is 12.2 Å². The van der Waals surface area contributed by atoms with Gasteiger partial charge >= 0.3 is 0 Å². The van der Waals surface area contributed by atoms with Gasteiger partial charge in [0.25, 0.3) is 0 Å². The van der Waals surface area contributed by atoms with Crippen molar-refractivity contribution >= 4 is 0 Å². The predicted octanol–water partition coefficient (Wildman–Crippen LogP) is 3.38. The lowest BCUT2D eigenvalue weighted by molar-refractivity contribution is 0.433. The molecule has 0 spiro atoms. The molecule has 0 aliphatic carbocycles. The summed E-state index contributed by atoms with van der Waals surface area (Å²) in [5.41, 5.74) is 0. The van der Waals surface area contributed by atoms with Gasteiger partial charge in [-0.15, -0.1) is 0 Å². The quantitative estimate of drug-likeness (QED) is 0.485. The first-order chi connectivity index (χ1) is 5.31.